The van der Waals surface area contributed by atoms with Gasteiger partial charge < -0.3 is 15.2 Å². The van der Waals surface area contributed by atoms with Crippen LogP contribution in [0.4, 0.5) is 11.4 Å². The molecule has 0 aromatic heterocycles. The molecule has 132 valence electrons. The van der Waals surface area contributed by atoms with Gasteiger partial charge in [0.05, 0.1) is 11.4 Å². The zero-order valence-corrected chi connectivity index (χ0v) is 14.0. The number of aromatic hydroxyl groups is 1. The van der Waals surface area contributed by atoms with Crippen molar-refractivity contribution >= 4 is 44.8 Å². The molecular formula is C16H13BN2O6S. The monoisotopic (exact) mass is 372 g/mol. The Morgan fingerprint density at radius 1 is 0.885 bits per heavy atom. The smallest absolute Gasteiger partial charge is 0.488 e. The van der Waals surface area contributed by atoms with Gasteiger partial charge in [-0.2, -0.15) is 13.5 Å². The molecule has 0 saturated heterocycles. The number of benzene rings is 3. The highest BCUT2D eigenvalue weighted by molar-refractivity contribution is 7.86. The summed E-state index contributed by atoms with van der Waals surface area (Å²) in [6, 6.07) is 12.9. The first kappa shape index (κ1) is 18.0. The number of phenolic OH excluding ortho intramolecular Hbond substituents is 1. The van der Waals surface area contributed by atoms with Gasteiger partial charge in [-0.3, -0.25) is 4.55 Å². The Labute approximate surface area is 149 Å². The van der Waals surface area contributed by atoms with Crippen molar-refractivity contribution in [1.82, 2.24) is 0 Å². The quantitative estimate of drug-likeness (QED) is 0.313. The van der Waals surface area contributed by atoms with E-state index in [1.165, 1.54) is 42.5 Å². The molecule has 10 heteroatoms. The molecule has 0 spiro atoms. The van der Waals surface area contributed by atoms with Crippen LogP contribution < -0.4 is 5.46 Å². The van der Waals surface area contributed by atoms with Crippen molar-refractivity contribution < 1.29 is 28.1 Å². The number of rotatable bonds is 4. The van der Waals surface area contributed by atoms with Crippen LogP contribution >= 0.6 is 0 Å². The van der Waals surface area contributed by atoms with Crippen molar-refractivity contribution in [1.29, 1.82) is 0 Å². The van der Waals surface area contributed by atoms with Gasteiger partial charge in [-0.15, -0.1) is 5.11 Å². The summed E-state index contributed by atoms with van der Waals surface area (Å²) in [7, 11) is -6.11. The Balaban J connectivity index is 2.08. The average Bonchev–Trinajstić information content (AvgIpc) is 2.59. The van der Waals surface area contributed by atoms with Gasteiger partial charge in [-0.25, -0.2) is 0 Å². The maximum Gasteiger partial charge on any atom is 0.488 e. The number of azo groups is 1. The second-order valence-electron chi connectivity index (χ2n) is 5.42. The molecule has 4 N–H and O–H groups in total. The van der Waals surface area contributed by atoms with Crippen LogP contribution in [0.5, 0.6) is 5.75 Å². The highest BCUT2D eigenvalue weighted by atomic mass is 32.2. The summed E-state index contributed by atoms with van der Waals surface area (Å²) in [4.78, 5) is -0.425. The molecular weight excluding hydrogens is 359 g/mol. The lowest BCUT2D eigenvalue weighted by Gasteiger charge is -2.08. The number of hydrogen-bond donors (Lipinski definition) is 4. The van der Waals surface area contributed by atoms with E-state index in [9.17, 15) is 18.1 Å². The lowest BCUT2D eigenvalue weighted by molar-refractivity contribution is 0.425. The third-order valence-corrected chi connectivity index (χ3v) is 4.60. The zero-order valence-electron chi connectivity index (χ0n) is 13.2. The molecule has 0 unspecified atom stereocenters. The van der Waals surface area contributed by atoms with E-state index in [2.05, 4.69) is 10.2 Å². The second-order valence-corrected chi connectivity index (χ2v) is 6.81. The lowest BCUT2D eigenvalue weighted by atomic mass is 9.80. The Bertz CT molecular complexity index is 1100. The Kier molecular flexibility index (Phi) is 4.74. The predicted molar refractivity (Wildman–Crippen MR) is 95.9 cm³/mol. The lowest BCUT2D eigenvalue weighted by Crippen LogP contribution is -2.29. The van der Waals surface area contributed by atoms with Gasteiger partial charge in [0.15, 0.2) is 0 Å². The minimum absolute atomic E-state index is 0.0507. The van der Waals surface area contributed by atoms with Crippen LogP contribution in [-0.4, -0.2) is 35.2 Å². The fourth-order valence-electron chi connectivity index (χ4n) is 2.47. The van der Waals surface area contributed by atoms with Crippen molar-refractivity contribution in [3.8, 4) is 5.75 Å². The van der Waals surface area contributed by atoms with Gasteiger partial charge in [0, 0.05) is 10.8 Å². The minimum Gasteiger partial charge on any atom is -0.507 e. The third-order valence-electron chi connectivity index (χ3n) is 3.70. The molecule has 8 nitrogen and oxygen atoms in total. The molecule has 3 rings (SSSR count). The highest BCUT2D eigenvalue weighted by Crippen LogP contribution is 2.37. The SMILES string of the molecule is O=S(=O)(O)c1ccc(N=Nc2ccc(B(O)O)cc2)c2cccc(O)c12. The molecule has 0 amide bonds. The van der Waals surface area contributed by atoms with E-state index in [-0.39, 0.29) is 16.8 Å². The molecule has 0 fully saturated rings. The summed E-state index contributed by atoms with van der Waals surface area (Å²) in [6.45, 7) is 0. The summed E-state index contributed by atoms with van der Waals surface area (Å²) in [5.74, 6) is -0.312. The number of nitrogens with zero attached hydrogens (tertiary/aromatic N) is 2. The van der Waals surface area contributed by atoms with E-state index in [4.69, 9.17) is 10.0 Å². The summed E-state index contributed by atoms with van der Waals surface area (Å²) < 4.78 is 32.4. The first-order valence-corrected chi connectivity index (χ1v) is 8.81. The Hall–Kier alpha value is -2.79. The van der Waals surface area contributed by atoms with Crippen molar-refractivity contribution in [3.05, 3.63) is 54.6 Å². The normalized spacial score (nSPS) is 12.0. The Morgan fingerprint density at radius 2 is 1.58 bits per heavy atom. The van der Waals surface area contributed by atoms with Gasteiger partial charge >= 0.3 is 7.12 Å². The molecule has 0 aliphatic carbocycles. The molecule has 3 aromatic carbocycles. The molecule has 26 heavy (non-hydrogen) atoms. The van der Waals surface area contributed by atoms with Gasteiger partial charge in [-0.05, 0) is 35.8 Å². The van der Waals surface area contributed by atoms with Gasteiger partial charge in [0.2, 0.25) is 0 Å². The molecule has 3 aromatic rings. The molecule has 0 heterocycles. The van der Waals surface area contributed by atoms with Crippen molar-refractivity contribution in [2.75, 3.05) is 0 Å². The van der Waals surface area contributed by atoms with Crippen LogP contribution in [0.15, 0.2) is 69.7 Å². The van der Waals surface area contributed by atoms with E-state index in [0.717, 1.165) is 6.07 Å². The molecule has 0 aliphatic heterocycles. The standard InChI is InChI=1S/C16H13BN2O6S/c20-14-3-1-2-12-13(8-9-15(16(12)14)26(23,24)25)19-18-11-6-4-10(5-7-11)17(21)22/h1-9,20-22H,(H,23,24,25). The van der Waals surface area contributed by atoms with Gasteiger partial charge in [-0.1, -0.05) is 24.3 Å². The fraction of sp³-hybridized carbons (Fsp3) is 0. The minimum atomic E-state index is -4.53. The molecule has 0 saturated carbocycles. The van der Waals surface area contributed by atoms with E-state index in [0.29, 0.717) is 16.5 Å². The fourth-order valence-corrected chi connectivity index (χ4v) is 3.18. The van der Waals surface area contributed by atoms with Crippen LogP contribution in [0.3, 0.4) is 0 Å². The highest BCUT2D eigenvalue weighted by Gasteiger charge is 2.18. The van der Waals surface area contributed by atoms with E-state index < -0.39 is 22.1 Å². The van der Waals surface area contributed by atoms with E-state index in [1.807, 2.05) is 0 Å². The first-order chi connectivity index (χ1) is 12.3. The van der Waals surface area contributed by atoms with Gasteiger partial charge in [0.1, 0.15) is 10.6 Å². The van der Waals surface area contributed by atoms with Crippen molar-refractivity contribution in [2.24, 2.45) is 10.2 Å². The summed E-state index contributed by atoms with van der Waals surface area (Å²) in [5.41, 5.74) is 1.02. The van der Waals surface area contributed by atoms with Crippen LogP contribution in [0.25, 0.3) is 10.8 Å². The van der Waals surface area contributed by atoms with E-state index in [1.54, 1.807) is 6.07 Å². The predicted octanol–water partition coefficient (Wildman–Crippen LogP) is 1.89. The zero-order chi connectivity index (χ0) is 18.9. The first-order valence-electron chi connectivity index (χ1n) is 7.37. The Morgan fingerprint density at radius 3 is 2.19 bits per heavy atom. The van der Waals surface area contributed by atoms with Crippen LogP contribution in [0.1, 0.15) is 0 Å². The number of fused-ring (bicyclic) bond motifs is 1. The summed E-state index contributed by atoms with van der Waals surface area (Å²) in [5, 5.41) is 36.5. The van der Waals surface area contributed by atoms with Crippen LogP contribution in [-0.2, 0) is 10.1 Å². The summed E-state index contributed by atoms with van der Waals surface area (Å²) >= 11 is 0. The van der Waals surface area contributed by atoms with Crippen LogP contribution in [0.2, 0.25) is 0 Å². The topological polar surface area (TPSA) is 140 Å². The average molecular weight is 372 g/mol. The second kappa shape index (κ2) is 6.85. The summed E-state index contributed by atoms with van der Waals surface area (Å²) in [6.07, 6.45) is 0. The van der Waals surface area contributed by atoms with Crippen LogP contribution in [0, 0.1) is 0 Å². The number of phenols is 1. The van der Waals surface area contributed by atoms with Gasteiger partial charge in [0.25, 0.3) is 10.1 Å². The maximum atomic E-state index is 11.5. The maximum absolute atomic E-state index is 11.5. The number of hydrogen-bond acceptors (Lipinski definition) is 7. The molecule has 0 atom stereocenters. The molecule has 0 radical (unpaired) electrons. The van der Waals surface area contributed by atoms with E-state index >= 15 is 0 Å². The molecule has 0 bridgehead atoms. The third kappa shape index (κ3) is 3.58. The van der Waals surface area contributed by atoms with Crippen molar-refractivity contribution in [2.45, 2.75) is 4.90 Å². The largest absolute Gasteiger partial charge is 0.507 e. The van der Waals surface area contributed by atoms with Crippen molar-refractivity contribution in [3.63, 3.8) is 0 Å². The molecule has 0 aliphatic rings.